The van der Waals surface area contributed by atoms with E-state index in [4.69, 9.17) is 21.1 Å². The van der Waals surface area contributed by atoms with Crippen molar-refractivity contribution in [3.05, 3.63) is 64.2 Å². The number of likely N-dealkylation sites (tertiary alicyclic amines) is 1. The van der Waals surface area contributed by atoms with E-state index in [-0.39, 0.29) is 22.8 Å². The first kappa shape index (κ1) is 25.0. The van der Waals surface area contributed by atoms with Gasteiger partial charge in [0.05, 0.1) is 38.0 Å². The molecule has 1 amide bonds. The van der Waals surface area contributed by atoms with Gasteiger partial charge in [0.25, 0.3) is 11.7 Å². The SMILES string of the molecule is CCOc1cc(C2/C(=C(/O)c3ccc(Cl)cc3)C(=O)C(=O)N2CCC[NH+]2CCOCC2)ccc1[O-]. The molecule has 0 aromatic heterocycles. The Kier molecular flexibility index (Phi) is 7.95. The summed E-state index contributed by atoms with van der Waals surface area (Å²) in [6.07, 6.45) is 0.678. The Morgan fingerprint density at radius 1 is 1.20 bits per heavy atom. The monoisotopic (exact) mass is 500 g/mol. The molecule has 2 aromatic rings. The molecule has 1 unspecified atom stereocenters. The number of aliphatic hydroxyl groups excluding tert-OH is 1. The average molecular weight is 501 g/mol. The molecule has 2 fully saturated rings. The standard InChI is InChI=1S/C26H29ClN2O6/c1-2-35-21-16-18(6-9-20(21)30)23-22(24(31)17-4-7-19(27)8-5-17)25(32)26(33)29(23)11-3-10-28-12-14-34-15-13-28/h4-9,16,23,30-31H,2-3,10-15H2,1H3/b24-22-. The van der Waals surface area contributed by atoms with Gasteiger partial charge in [-0.2, -0.15) is 0 Å². The molecule has 2 aliphatic heterocycles. The number of carbonyl (C=O) groups excluding carboxylic acids is 2. The molecule has 4 rings (SSSR count). The van der Waals surface area contributed by atoms with Crippen molar-refractivity contribution in [2.24, 2.45) is 0 Å². The van der Waals surface area contributed by atoms with Crippen molar-refractivity contribution in [2.45, 2.75) is 19.4 Å². The van der Waals surface area contributed by atoms with E-state index in [1.807, 2.05) is 0 Å². The highest BCUT2D eigenvalue weighted by molar-refractivity contribution is 6.46. The van der Waals surface area contributed by atoms with Gasteiger partial charge in [0, 0.05) is 23.6 Å². The summed E-state index contributed by atoms with van der Waals surface area (Å²) >= 11 is 5.98. The van der Waals surface area contributed by atoms with E-state index in [2.05, 4.69) is 0 Å². The summed E-state index contributed by atoms with van der Waals surface area (Å²) in [6, 6.07) is 10.0. The molecule has 2 aromatic carbocycles. The molecule has 9 heteroatoms. The number of amides is 1. The summed E-state index contributed by atoms with van der Waals surface area (Å²) in [7, 11) is 0. The van der Waals surface area contributed by atoms with E-state index in [0.29, 0.717) is 48.9 Å². The summed E-state index contributed by atoms with van der Waals surface area (Å²) in [6.45, 7) is 6.47. The predicted molar refractivity (Wildman–Crippen MR) is 129 cm³/mol. The highest BCUT2D eigenvalue weighted by Gasteiger charge is 2.46. The maximum atomic E-state index is 13.2. The van der Waals surface area contributed by atoms with E-state index in [1.165, 1.54) is 15.9 Å². The van der Waals surface area contributed by atoms with Crippen LogP contribution in [0.2, 0.25) is 5.02 Å². The molecule has 35 heavy (non-hydrogen) atoms. The summed E-state index contributed by atoms with van der Waals surface area (Å²) in [5, 5.41) is 23.9. The second-order valence-corrected chi connectivity index (χ2v) is 9.04. The van der Waals surface area contributed by atoms with Crippen molar-refractivity contribution >= 4 is 29.1 Å². The van der Waals surface area contributed by atoms with Gasteiger partial charge < -0.3 is 29.5 Å². The van der Waals surface area contributed by atoms with Crippen LogP contribution in [0.5, 0.6) is 11.5 Å². The Morgan fingerprint density at radius 3 is 2.60 bits per heavy atom. The zero-order valence-corrected chi connectivity index (χ0v) is 20.3. The third-order valence-electron chi connectivity index (χ3n) is 6.37. The molecule has 8 nitrogen and oxygen atoms in total. The van der Waals surface area contributed by atoms with E-state index >= 15 is 0 Å². The van der Waals surface area contributed by atoms with Crippen LogP contribution in [0.1, 0.15) is 30.5 Å². The van der Waals surface area contributed by atoms with Gasteiger partial charge in [-0.05, 0) is 42.8 Å². The third kappa shape index (κ3) is 5.45. The zero-order chi connectivity index (χ0) is 24.9. The van der Waals surface area contributed by atoms with E-state index in [9.17, 15) is 19.8 Å². The topological polar surface area (TPSA) is 104 Å². The summed E-state index contributed by atoms with van der Waals surface area (Å²) in [5.41, 5.74) is 0.888. The summed E-state index contributed by atoms with van der Waals surface area (Å²) in [4.78, 5) is 29.2. The molecule has 0 radical (unpaired) electrons. The Labute approximate surface area is 209 Å². The van der Waals surface area contributed by atoms with Gasteiger partial charge >= 0.3 is 0 Å². The van der Waals surface area contributed by atoms with Crippen LogP contribution in [0.3, 0.4) is 0 Å². The first-order valence-electron chi connectivity index (χ1n) is 11.8. The van der Waals surface area contributed by atoms with Crippen LogP contribution in [0.25, 0.3) is 5.76 Å². The number of benzene rings is 2. The first-order valence-corrected chi connectivity index (χ1v) is 12.2. The lowest BCUT2D eigenvalue weighted by atomic mass is 9.95. The number of ether oxygens (including phenoxy) is 2. The lowest BCUT2D eigenvalue weighted by molar-refractivity contribution is -0.908. The molecular weight excluding hydrogens is 472 g/mol. The molecular formula is C26H29ClN2O6. The highest BCUT2D eigenvalue weighted by Crippen LogP contribution is 2.41. The minimum atomic E-state index is -0.842. The number of quaternary nitrogens is 1. The van der Waals surface area contributed by atoms with Crippen LogP contribution >= 0.6 is 11.6 Å². The number of carbonyl (C=O) groups is 2. The lowest BCUT2D eigenvalue weighted by Crippen LogP contribution is -3.14. The van der Waals surface area contributed by atoms with Gasteiger partial charge in [-0.15, -0.1) is 0 Å². The van der Waals surface area contributed by atoms with E-state index in [0.717, 1.165) is 19.6 Å². The highest BCUT2D eigenvalue weighted by atomic mass is 35.5. The third-order valence-corrected chi connectivity index (χ3v) is 6.62. The van der Waals surface area contributed by atoms with E-state index in [1.54, 1.807) is 43.3 Å². The molecule has 0 bridgehead atoms. The fraction of sp³-hybridized carbons (Fsp3) is 0.385. The molecule has 2 N–H and O–H groups in total. The van der Waals surface area contributed by atoms with Crippen molar-refractivity contribution in [1.29, 1.82) is 0 Å². The smallest absolute Gasteiger partial charge is 0.295 e. The number of nitrogens with zero attached hydrogens (tertiary/aromatic N) is 1. The van der Waals surface area contributed by atoms with Crippen LogP contribution in [-0.2, 0) is 14.3 Å². The Hall–Kier alpha value is -3.07. The number of morpholine rings is 1. The molecule has 186 valence electrons. The fourth-order valence-corrected chi connectivity index (χ4v) is 4.72. The number of hydrogen-bond acceptors (Lipinski definition) is 6. The van der Waals surface area contributed by atoms with Gasteiger partial charge in [0.15, 0.2) is 0 Å². The Morgan fingerprint density at radius 2 is 1.91 bits per heavy atom. The van der Waals surface area contributed by atoms with Crippen LogP contribution in [0.15, 0.2) is 48.0 Å². The van der Waals surface area contributed by atoms with Crippen LogP contribution in [0, 0.1) is 0 Å². The van der Waals surface area contributed by atoms with Gasteiger partial charge in [-0.3, -0.25) is 9.59 Å². The van der Waals surface area contributed by atoms with Crippen molar-refractivity contribution < 1.29 is 34.2 Å². The quantitative estimate of drug-likeness (QED) is 0.324. The fourth-order valence-electron chi connectivity index (χ4n) is 4.59. The second-order valence-electron chi connectivity index (χ2n) is 8.60. The average Bonchev–Trinajstić information content (AvgIpc) is 3.11. The van der Waals surface area contributed by atoms with Crippen molar-refractivity contribution in [3.8, 4) is 11.5 Å². The molecule has 0 spiro atoms. The summed E-state index contributed by atoms with van der Waals surface area (Å²) in [5.74, 6) is -1.87. The van der Waals surface area contributed by atoms with Crippen LogP contribution < -0.4 is 14.7 Å². The molecule has 2 heterocycles. The Balaban J connectivity index is 1.71. The largest absolute Gasteiger partial charge is 0.870 e. The van der Waals surface area contributed by atoms with E-state index < -0.39 is 17.7 Å². The number of nitrogens with one attached hydrogen (secondary N) is 1. The van der Waals surface area contributed by atoms with Crippen LogP contribution in [0.4, 0.5) is 0 Å². The van der Waals surface area contributed by atoms with Crippen molar-refractivity contribution in [3.63, 3.8) is 0 Å². The Bertz CT molecular complexity index is 1110. The molecule has 2 saturated heterocycles. The van der Waals surface area contributed by atoms with Gasteiger partial charge in [0.2, 0.25) is 0 Å². The number of ketones is 1. The minimum Gasteiger partial charge on any atom is -0.870 e. The second kappa shape index (κ2) is 11.1. The number of rotatable bonds is 8. The first-order chi connectivity index (χ1) is 16.9. The molecule has 0 aliphatic carbocycles. The maximum Gasteiger partial charge on any atom is 0.295 e. The zero-order valence-electron chi connectivity index (χ0n) is 19.6. The number of aliphatic hydroxyl groups is 1. The molecule has 2 aliphatic rings. The van der Waals surface area contributed by atoms with Crippen molar-refractivity contribution in [1.82, 2.24) is 4.90 Å². The van der Waals surface area contributed by atoms with Gasteiger partial charge in [-0.1, -0.05) is 29.5 Å². The van der Waals surface area contributed by atoms with Gasteiger partial charge in [0.1, 0.15) is 24.6 Å². The van der Waals surface area contributed by atoms with Crippen LogP contribution in [-0.4, -0.2) is 67.7 Å². The molecule has 1 atom stereocenters. The molecule has 0 saturated carbocycles. The minimum absolute atomic E-state index is 0.0165. The van der Waals surface area contributed by atoms with Crippen molar-refractivity contribution in [2.75, 3.05) is 46.0 Å². The number of hydrogen-bond donors (Lipinski definition) is 2. The lowest BCUT2D eigenvalue weighted by Gasteiger charge is -2.28. The maximum absolute atomic E-state index is 13.2. The predicted octanol–water partition coefficient (Wildman–Crippen LogP) is 1.54. The number of Topliss-reactive ketones (excluding diaryl/α,β-unsaturated/α-hetero) is 1. The number of halogens is 1. The van der Waals surface area contributed by atoms with Gasteiger partial charge in [-0.25, -0.2) is 0 Å². The normalized spacial score (nSPS) is 20.4. The summed E-state index contributed by atoms with van der Waals surface area (Å²) < 4.78 is 10.9.